The number of rotatable bonds is 6. The molecule has 0 saturated heterocycles. The molecule has 0 spiro atoms. The quantitative estimate of drug-likeness (QED) is 0.180. The van der Waals surface area contributed by atoms with Gasteiger partial charge in [0.05, 0.1) is 11.4 Å². The van der Waals surface area contributed by atoms with E-state index in [4.69, 9.17) is 4.98 Å². The largest absolute Gasteiger partial charge is 0.255 e. The number of pyridine rings is 2. The second kappa shape index (κ2) is 11.7. The zero-order valence-corrected chi connectivity index (χ0v) is 26.2. The van der Waals surface area contributed by atoms with Gasteiger partial charge in [0.1, 0.15) is 0 Å². The van der Waals surface area contributed by atoms with Gasteiger partial charge in [0, 0.05) is 18.0 Å². The topological polar surface area (TPSA) is 25.8 Å². The molecule has 0 fully saturated rings. The van der Waals surface area contributed by atoms with Gasteiger partial charge in [-0.1, -0.05) is 123 Å². The summed E-state index contributed by atoms with van der Waals surface area (Å²) < 4.78 is 0. The molecule has 0 atom stereocenters. The summed E-state index contributed by atoms with van der Waals surface area (Å²) in [6.07, 6.45) is 6.04. The maximum atomic E-state index is 4.74. The average molecular weight is 591 g/mol. The van der Waals surface area contributed by atoms with E-state index < -0.39 is 0 Å². The molecule has 0 aliphatic heterocycles. The fraction of sp³-hybridized carbons (Fsp3) is 0.0909. The molecule has 0 radical (unpaired) electrons. The first kappa shape index (κ1) is 27.9. The van der Waals surface area contributed by atoms with Gasteiger partial charge in [-0.25, -0.2) is 0 Å². The highest BCUT2D eigenvalue weighted by molar-refractivity contribution is 6.21. The SMILES string of the molecule is CCCc1ccc2ccc(-c3c4ccccc4c(-c4ccc(-c5ccc(-c6cc(C)ccn6)nc5)cc4)c4ccccc34)cc2c1. The highest BCUT2D eigenvalue weighted by atomic mass is 14.8. The molecule has 8 rings (SSSR count). The summed E-state index contributed by atoms with van der Waals surface area (Å²) in [5.41, 5.74) is 11.6. The third-order valence-electron chi connectivity index (χ3n) is 9.11. The Balaban J connectivity index is 1.24. The molecule has 0 bridgehead atoms. The molecule has 2 heterocycles. The lowest BCUT2D eigenvalue weighted by atomic mass is 9.85. The fourth-order valence-corrected chi connectivity index (χ4v) is 6.87. The van der Waals surface area contributed by atoms with E-state index in [0.29, 0.717) is 0 Å². The van der Waals surface area contributed by atoms with Gasteiger partial charge in [0.15, 0.2) is 0 Å². The Hall–Kier alpha value is -5.60. The number of nitrogens with zero attached hydrogens (tertiary/aromatic N) is 2. The van der Waals surface area contributed by atoms with E-state index in [9.17, 15) is 0 Å². The number of aryl methyl sites for hydroxylation is 2. The van der Waals surface area contributed by atoms with Gasteiger partial charge >= 0.3 is 0 Å². The molecule has 8 aromatic rings. The molecule has 0 amide bonds. The van der Waals surface area contributed by atoms with Crippen LogP contribution in [0.1, 0.15) is 24.5 Å². The Kier molecular flexibility index (Phi) is 7.11. The second-order valence-corrected chi connectivity index (χ2v) is 12.2. The normalized spacial score (nSPS) is 11.4. The zero-order chi connectivity index (χ0) is 31.0. The van der Waals surface area contributed by atoms with E-state index in [1.807, 2.05) is 18.5 Å². The zero-order valence-electron chi connectivity index (χ0n) is 26.2. The predicted molar refractivity (Wildman–Crippen MR) is 195 cm³/mol. The van der Waals surface area contributed by atoms with Crippen LogP contribution in [0.15, 0.2) is 146 Å². The van der Waals surface area contributed by atoms with E-state index >= 15 is 0 Å². The summed E-state index contributed by atoms with van der Waals surface area (Å²) in [7, 11) is 0. The minimum atomic E-state index is 0.884. The summed E-state index contributed by atoms with van der Waals surface area (Å²) in [4.78, 5) is 9.23. The molecule has 220 valence electrons. The van der Waals surface area contributed by atoms with E-state index in [1.165, 1.54) is 65.7 Å². The van der Waals surface area contributed by atoms with Crippen molar-refractivity contribution in [2.24, 2.45) is 0 Å². The lowest BCUT2D eigenvalue weighted by Gasteiger charge is -2.18. The van der Waals surface area contributed by atoms with Crippen LogP contribution in [-0.2, 0) is 6.42 Å². The van der Waals surface area contributed by atoms with Crippen molar-refractivity contribution in [1.29, 1.82) is 0 Å². The predicted octanol–water partition coefficient (Wildman–Crippen LogP) is 11.9. The lowest BCUT2D eigenvalue weighted by molar-refractivity contribution is 0.924. The van der Waals surface area contributed by atoms with Gasteiger partial charge in [0.25, 0.3) is 0 Å². The van der Waals surface area contributed by atoms with Crippen LogP contribution >= 0.6 is 0 Å². The van der Waals surface area contributed by atoms with Crippen molar-refractivity contribution >= 4 is 32.3 Å². The summed E-state index contributed by atoms with van der Waals surface area (Å²) in [5.74, 6) is 0. The molecule has 0 N–H and O–H groups in total. The van der Waals surface area contributed by atoms with Gasteiger partial charge in [-0.15, -0.1) is 0 Å². The van der Waals surface area contributed by atoms with E-state index in [1.54, 1.807) is 0 Å². The van der Waals surface area contributed by atoms with Crippen molar-refractivity contribution in [2.75, 3.05) is 0 Å². The molecule has 6 aromatic carbocycles. The van der Waals surface area contributed by atoms with Crippen LogP contribution in [0.4, 0.5) is 0 Å². The molecule has 0 aliphatic rings. The standard InChI is InChI=1S/C44H34N2/c1-3-8-30-13-14-32-17-20-34(27-36(32)26-30)44-39-11-6-4-9-37(39)43(38-10-5-7-12-40(38)44)33-18-15-31(16-19-33)35-21-22-41(46-28-35)42-25-29(2)23-24-45-42/h4-7,9-28H,3,8H2,1-2H3. The van der Waals surface area contributed by atoms with E-state index in [0.717, 1.165) is 35.4 Å². The van der Waals surface area contributed by atoms with Crippen LogP contribution in [0.3, 0.4) is 0 Å². The molecular weight excluding hydrogens is 556 g/mol. The molecular formula is C44H34N2. The first-order chi connectivity index (χ1) is 22.7. The molecule has 46 heavy (non-hydrogen) atoms. The molecule has 0 saturated carbocycles. The first-order valence-corrected chi connectivity index (χ1v) is 16.1. The molecule has 2 aromatic heterocycles. The van der Waals surface area contributed by atoms with Crippen LogP contribution in [0.5, 0.6) is 0 Å². The van der Waals surface area contributed by atoms with Crippen LogP contribution in [0.2, 0.25) is 0 Å². The average Bonchev–Trinajstić information content (AvgIpc) is 3.10. The van der Waals surface area contributed by atoms with Gasteiger partial charge in [-0.05, 0) is 109 Å². The molecule has 0 aliphatic carbocycles. The van der Waals surface area contributed by atoms with Gasteiger partial charge in [0.2, 0.25) is 0 Å². The van der Waals surface area contributed by atoms with Crippen molar-refractivity contribution in [3.05, 3.63) is 157 Å². The van der Waals surface area contributed by atoms with Gasteiger partial charge in [-0.2, -0.15) is 0 Å². The third-order valence-corrected chi connectivity index (χ3v) is 9.11. The lowest BCUT2D eigenvalue weighted by Crippen LogP contribution is -1.91. The Morgan fingerprint density at radius 3 is 1.72 bits per heavy atom. The van der Waals surface area contributed by atoms with Crippen molar-refractivity contribution in [2.45, 2.75) is 26.7 Å². The Labute approximate surface area is 270 Å². The van der Waals surface area contributed by atoms with Crippen LogP contribution in [-0.4, -0.2) is 9.97 Å². The molecule has 0 unspecified atom stereocenters. The summed E-state index contributed by atoms with van der Waals surface area (Å²) in [6, 6.07) is 48.8. The van der Waals surface area contributed by atoms with Crippen LogP contribution in [0.25, 0.3) is 77.1 Å². The summed E-state index contributed by atoms with van der Waals surface area (Å²) in [6.45, 7) is 4.32. The van der Waals surface area contributed by atoms with Crippen LogP contribution in [0, 0.1) is 6.92 Å². The highest BCUT2D eigenvalue weighted by Crippen LogP contribution is 2.44. The van der Waals surface area contributed by atoms with Crippen molar-refractivity contribution in [3.63, 3.8) is 0 Å². The van der Waals surface area contributed by atoms with E-state index in [-0.39, 0.29) is 0 Å². The number of fused-ring (bicyclic) bond motifs is 3. The first-order valence-electron chi connectivity index (χ1n) is 16.1. The maximum absolute atomic E-state index is 4.74. The highest BCUT2D eigenvalue weighted by Gasteiger charge is 2.17. The minimum absolute atomic E-state index is 0.884. The Morgan fingerprint density at radius 2 is 1.09 bits per heavy atom. The summed E-state index contributed by atoms with van der Waals surface area (Å²) in [5, 5.41) is 7.66. The summed E-state index contributed by atoms with van der Waals surface area (Å²) >= 11 is 0. The smallest absolute Gasteiger partial charge is 0.0888 e. The monoisotopic (exact) mass is 590 g/mol. The molecule has 2 heteroatoms. The van der Waals surface area contributed by atoms with Gasteiger partial charge < -0.3 is 0 Å². The van der Waals surface area contributed by atoms with Crippen molar-refractivity contribution in [1.82, 2.24) is 9.97 Å². The van der Waals surface area contributed by atoms with E-state index in [2.05, 4.69) is 146 Å². The Bertz CT molecular complexity index is 2310. The minimum Gasteiger partial charge on any atom is -0.255 e. The Morgan fingerprint density at radius 1 is 0.478 bits per heavy atom. The third kappa shape index (κ3) is 5.02. The van der Waals surface area contributed by atoms with Crippen molar-refractivity contribution in [3.8, 4) is 44.8 Å². The second-order valence-electron chi connectivity index (χ2n) is 12.2. The van der Waals surface area contributed by atoms with Crippen LogP contribution < -0.4 is 0 Å². The fourth-order valence-electron chi connectivity index (χ4n) is 6.87. The molecule has 2 nitrogen and oxygen atoms in total. The number of hydrogen-bond donors (Lipinski definition) is 0. The maximum Gasteiger partial charge on any atom is 0.0888 e. The number of benzene rings is 6. The number of aromatic nitrogens is 2. The van der Waals surface area contributed by atoms with Gasteiger partial charge in [-0.3, -0.25) is 9.97 Å². The number of hydrogen-bond acceptors (Lipinski definition) is 2. The van der Waals surface area contributed by atoms with Crippen molar-refractivity contribution < 1.29 is 0 Å².